The molecular formula is C14H21N5O. The second kappa shape index (κ2) is 5.75. The lowest BCUT2D eigenvalue weighted by Gasteiger charge is -2.38. The van der Waals surface area contributed by atoms with Crippen LogP contribution < -0.4 is 10.6 Å². The Kier molecular flexibility index (Phi) is 3.82. The van der Waals surface area contributed by atoms with Gasteiger partial charge in [0.25, 0.3) is 5.91 Å². The number of nitrogens with two attached hydrogens (primary N) is 1. The van der Waals surface area contributed by atoms with Gasteiger partial charge in [-0.05, 0) is 18.9 Å². The number of rotatable bonds is 3. The molecule has 2 aliphatic rings. The highest BCUT2D eigenvalue weighted by Gasteiger charge is 2.27. The fraction of sp³-hybridized carbons (Fsp3) is 0.643. The summed E-state index contributed by atoms with van der Waals surface area (Å²) in [6, 6.07) is 2.33. The van der Waals surface area contributed by atoms with E-state index in [0.717, 1.165) is 32.2 Å². The molecule has 108 valence electrons. The Morgan fingerprint density at radius 3 is 2.55 bits per heavy atom. The fourth-order valence-electron chi connectivity index (χ4n) is 3.19. The van der Waals surface area contributed by atoms with Gasteiger partial charge in [0.15, 0.2) is 0 Å². The molecule has 0 bridgehead atoms. The van der Waals surface area contributed by atoms with Crippen LogP contribution in [0.25, 0.3) is 0 Å². The molecule has 2 fully saturated rings. The molecule has 1 aromatic rings. The lowest BCUT2D eigenvalue weighted by Crippen LogP contribution is -2.50. The topological polar surface area (TPSA) is 75.4 Å². The molecule has 0 spiro atoms. The van der Waals surface area contributed by atoms with E-state index in [-0.39, 0.29) is 5.69 Å². The summed E-state index contributed by atoms with van der Waals surface area (Å²) < 4.78 is 0. The third kappa shape index (κ3) is 2.75. The smallest absolute Gasteiger partial charge is 0.267 e. The van der Waals surface area contributed by atoms with Crippen LogP contribution in [0.1, 0.15) is 36.2 Å². The van der Waals surface area contributed by atoms with Gasteiger partial charge in [0, 0.05) is 38.4 Å². The third-order valence-electron chi connectivity index (χ3n) is 4.33. The van der Waals surface area contributed by atoms with Crippen LogP contribution in [-0.2, 0) is 0 Å². The Balaban J connectivity index is 1.62. The van der Waals surface area contributed by atoms with Crippen LogP contribution in [-0.4, -0.2) is 53.0 Å². The van der Waals surface area contributed by atoms with Crippen molar-refractivity contribution in [3.05, 3.63) is 18.0 Å². The summed E-state index contributed by atoms with van der Waals surface area (Å²) in [5.74, 6) is 0.116. The van der Waals surface area contributed by atoms with Crippen LogP contribution in [0.2, 0.25) is 0 Å². The van der Waals surface area contributed by atoms with E-state index in [1.807, 2.05) is 0 Å². The molecule has 1 amide bonds. The molecule has 1 aromatic heterocycles. The minimum atomic E-state index is -0.502. The molecule has 20 heavy (non-hydrogen) atoms. The first-order chi connectivity index (χ1) is 9.74. The maximum absolute atomic E-state index is 11.2. The van der Waals surface area contributed by atoms with Crippen molar-refractivity contribution in [1.29, 1.82) is 0 Å². The highest BCUT2D eigenvalue weighted by molar-refractivity contribution is 5.90. The van der Waals surface area contributed by atoms with Crippen LogP contribution in [0.15, 0.2) is 12.3 Å². The molecule has 0 radical (unpaired) electrons. The molecule has 1 aliphatic heterocycles. The predicted molar refractivity (Wildman–Crippen MR) is 76.6 cm³/mol. The van der Waals surface area contributed by atoms with E-state index < -0.39 is 5.91 Å². The zero-order valence-electron chi connectivity index (χ0n) is 11.7. The van der Waals surface area contributed by atoms with Crippen molar-refractivity contribution in [1.82, 2.24) is 14.9 Å². The first kappa shape index (κ1) is 13.3. The van der Waals surface area contributed by atoms with E-state index in [2.05, 4.69) is 19.8 Å². The summed E-state index contributed by atoms with van der Waals surface area (Å²) in [7, 11) is 0. The first-order valence-corrected chi connectivity index (χ1v) is 7.36. The molecule has 6 heteroatoms. The highest BCUT2D eigenvalue weighted by Crippen LogP contribution is 2.24. The molecule has 1 saturated carbocycles. The molecule has 3 rings (SSSR count). The SMILES string of the molecule is NC(=O)c1ccnc(N2CCN(C3CCCC3)CC2)n1. The molecule has 6 nitrogen and oxygen atoms in total. The summed E-state index contributed by atoms with van der Waals surface area (Å²) in [6.45, 7) is 3.93. The Morgan fingerprint density at radius 2 is 1.90 bits per heavy atom. The van der Waals surface area contributed by atoms with Crippen molar-refractivity contribution in [2.75, 3.05) is 31.1 Å². The van der Waals surface area contributed by atoms with Crippen molar-refractivity contribution in [3.63, 3.8) is 0 Å². The van der Waals surface area contributed by atoms with Crippen LogP contribution in [0.4, 0.5) is 5.95 Å². The highest BCUT2D eigenvalue weighted by atomic mass is 16.1. The second-order valence-corrected chi connectivity index (χ2v) is 5.57. The van der Waals surface area contributed by atoms with Gasteiger partial charge in [-0.25, -0.2) is 9.97 Å². The van der Waals surface area contributed by atoms with E-state index in [1.54, 1.807) is 12.3 Å². The van der Waals surface area contributed by atoms with Crippen molar-refractivity contribution in [2.24, 2.45) is 5.73 Å². The average molecular weight is 275 g/mol. The summed E-state index contributed by atoms with van der Waals surface area (Å²) in [4.78, 5) is 24.4. The van der Waals surface area contributed by atoms with Gasteiger partial charge >= 0.3 is 0 Å². The van der Waals surface area contributed by atoms with Crippen molar-refractivity contribution >= 4 is 11.9 Å². The lowest BCUT2D eigenvalue weighted by molar-refractivity contribution is 0.0995. The number of carbonyl (C=O) groups is 1. The zero-order valence-corrected chi connectivity index (χ0v) is 11.7. The van der Waals surface area contributed by atoms with Gasteiger partial charge in [-0.1, -0.05) is 12.8 Å². The molecule has 0 atom stereocenters. The molecule has 2 heterocycles. The quantitative estimate of drug-likeness (QED) is 0.876. The second-order valence-electron chi connectivity index (χ2n) is 5.57. The van der Waals surface area contributed by atoms with Gasteiger partial charge in [0.1, 0.15) is 5.69 Å². The van der Waals surface area contributed by atoms with Gasteiger partial charge in [-0.2, -0.15) is 0 Å². The minimum Gasteiger partial charge on any atom is -0.364 e. The zero-order chi connectivity index (χ0) is 13.9. The van der Waals surface area contributed by atoms with Crippen LogP contribution >= 0.6 is 0 Å². The van der Waals surface area contributed by atoms with Crippen LogP contribution in [0.3, 0.4) is 0 Å². The van der Waals surface area contributed by atoms with Gasteiger partial charge < -0.3 is 10.6 Å². The number of amides is 1. The summed E-state index contributed by atoms with van der Waals surface area (Å²) in [5, 5.41) is 0. The number of anilines is 1. The lowest BCUT2D eigenvalue weighted by atomic mass is 10.2. The van der Waals surface area contributed by atoms with E-state index in [9.17, 15) is 4.79 Å². The predicted octanol–water partition coefficient (Wildman–Crippen LogP) is 0.640. The van der Waals surface area contributed by atoms with Gasteiger partial charge in [-0.3, -0.25) is 9.69 Å². The Hall–Kier alpha value is -1.69. The van der Waals surface area contributed by atoms with Crippen LogP contribution in [0, 0.1) is 0 Å². The monoisotopic (exact) mass is 275 g/mol. The average Bonchev–Trinajstić information content (AvgIpc) is 3.02. The number of carbonyl (C=O) groups excluding carboxylic acids is 1. The number of primary amides is 1. The summed E-state index contributed by atoms with van der Waals surface area (Å²) in [5.41, 5.74) is 5.55. The van der Waals surface area contributed by atoms with Gasteiger partial charge in [0.05, 0.1) is 0 Å². The summed E-state index contributed by atoms with van der Waals surface area (Å²) in [6.07, 6.45) is 7.02. The van der Waals surface area contributed by atoms with Gasteiger partial charge in [0.2, 0.25) is 5.95 Å². The molecule has 0 unspecified atom stereocenters. The summed E-state index contributed by atoms with van der Waals surface area (Å²) >= 11 is 0. The Labute approximate surface area is 119 Å². The van der Waals surface area contributed by atoms with Crippen molar-refractivity contribution in [3.8, 4) is 0 Å². The molecule has 2 N–H and O–H groups in total. The third-order valence-corrected chi connectivity index (χ3v) is 4.33. The van der Waals surface area contributed by atoms with E-state index >= 15 is 0 Å². The number of piperazine rings is 1. The Bertz CT molecular complexity index is 478. The molecule has 1 saturated heterocycles. The molecule has 0 aromatic carbocycles. The standard InChI is InChI=1S/C14H21N5O/c15-13(20)12-5-6-16-14(17-12)19-9-7-18(8-10-19)11-3-1-2-4-11/h5-6,11H,1-4,7-10H2,(H2,15,20). The van der Waals surface area contributed by atoms with Crippen molar-refractivity contribution < 1.29 is 4.79 Å². The fourth-order valence-corrected chi connectivity index (χ4v) is 3.19. The normalized spacial score (nSPS) is 21.3. The molecule has 1 aliphatic carbocycles. The Morgan fingerprint density at radius 1 is 1.20 bits per heavy atom. The van der Waals surface area contributed by atoms with Gasteiger partial charge in [-0.15, -0.1) is 0 Å². The minimum absolute atomic E-state index is 0.285. The number of hydrogen-bond acceptors (Lipinski definition) is 5. The van der Waals surface area contributed by atoms with Crippen molar-refractivity contribution in [2.45, 2.75) is 31.7 Å². The number of hydrogen-bond donors (Lipinski definition) is 1. The van der Waals surface area contributed by atoms with E-state index in [1.165, 1.54) is 25.7 Å². The number of aromatic nitrogens is 2. The van der Waals surface area contributed by atoms with E-state index in [4.69, 9.17) is 5.73 Å². The maximum atomic E-state index is 11.2. The first-order valence-electron chi connectivity index (χ1n) is 7.36. The molecular weight excluding hydrogens is 254 g/mol. The van der Waals surface area contributed by atoms with E-state index in [0.29, 0.717) is 5.95 Å². The number of nitrogens with zero attached hydrogens (tertiary/aromatic N) is 4. The maximum Gasteiger partial charge on any atom is 0.267 e. The largest absolute Gasteiger partial charge is 0.364 e. The van der Waals surface area contributed by atoms with Crippen LogP contribution in [0.5, 0.6) is 0 Å².